The number of carbonyl (C=O) groups excluding carboxylic acids is 1. The number of benzene rings is 1. The summed E-state index contributed by atoms with van der Waals surface area (Å²) in [5, 5.41) is 6.63. The molecule has 0 bridgehead atoms. The van der Waals surface area contributed by atoms with E-state index in [-0.39, 0.29) is 5.91 Å². The fourth-order valence-corrected chi connectivity index (χ4v) is 3.76. The Kier molecular flexibility index (Phi) is 3.62. The molecule has 23 heavy (non-hydrogen) atoms. The predicted molar refractivity (Wildman–Crippen MR) is 90.4 cm³/mol. The number of halogens is 1. The number of fused-ring (bicyclic) bond motifs is 2. The predicted octanol–water partition coefficient (Wildman–Crippen LogP) is 2.56. The third-order valence-electron chi connectivity index (χ3n) is 4.68. The first-order valence-electron chi connectivity index (χ1n) is 7.89. The number of hydrogen-bond donors (Lipinski definition) is 2. The van der Waals surface area contributed by atoms with Gasteiger partial charge in [-0.1, -0.05) is 41.9 Å². The average Bonchev–Trinajstić information content (AvgIpc) is 3.15. The first-order valence-corrected chi connectivity index (χ1v) is 8.27. The van der Waals surface area contributed by atoms with Gasteiger partial charge in [0.1, 0.15) is 5.16 Å². The van der Waals surface area contributed by atoms with Gasteiger partial charge < -0.3 is 15.5 Å². The van der Waals surface area contributed by atoms with Gasteiger partial charge in [0.15, 0.2) is 6.17 Å². The van der Waals surface area contributed by atoms with Crippen molar-refractivity contribution in [3.63, 3.8) is 0 Å². The maximum absolute atomic E-state index is 12.6. The lowest BCUT2D eigenvalue weighted by atomic mass is 10.0. The van der Waals surface area contributed by atoms with E-state index in [4.69, 9.17) is 11.6 Å². The standard InChI is InChI=1S/C18H18ClN3O/c19-16-15-7-3-4-10-22(15)17(21-16)18(23)20-11-13-9-8-12-5-1-2-6-14(12)13/h1-7,10,13,17,21H,8-9,11H2,(H,20,23). The summed E-state index contributed by atoms with van der Waals surface area (Å²) < 4.78 is 0. The number of nitrogens with one attached hydrogen (secondary N) is 2. The second-order valence-electron chi connectivity index (χ2n) is 6.03. The van der Waals surface area contributed by atoms with Gasteiger partial charge in [0, 0.05) is 18.7 Å². The molecule has 1 aliphatic carbocycles. The number of aryl methyl sites for hydroxylation is 1. The van der Waals surface area contributed by atoms with Crippen molar-refractivity contribution in [3.8, 4) is 0 Å². The third kappa shape index (κ3) is 2.53. The quantitative estimate of drug-likeness (QED) is 0.839. The minimum Gasteiger partial charge on any atom is -0.352 e. The van der Waals surface area contributed by atoms with Crippen LogP contribution in [0.2, 0.25) is 0 Å². The fourth-order valence-electron chi connectivity index (χ4n) is 3.50. The molecule has 1 aromatic rings. The van der Waals surface area contributed by atoms with Gasteiger partial charge in [-0.05, 0) is 36.1 Å². The average molecular weight is 328 g/mol. The molecular formula is C18H18ClN3O. The maximum atomic E-state index is 12.6. The Bertz CT molecular complexity index is 738. The molecule has 1 amide bonds. The van der Waals surface area contributed by atoms with Crippen molar-refractivity contribution >= 4 is 17.5 Å². The Hall–Kier alpha value is -2.20. The molecule has 0 spiro atoms. The van der Waals surface area contributed by atoms with Crippen LogP contribution in [0.25, 0.3) is 0 Å². The summed E-state index contributed by atoms with van der Waals surface area (Å²) >= 11 is 6.18. The van der Waals surface area contributed by atoms with Crippen molar-refractivity contribution in [3.05, 3.63) is 70.7 Å². The van der Waals surface area contributed by atoms with E-state index in [1.54, 1.807) is 0 Å². The monoisotopic (exact) mass is 327 g/mol. The highest BCUT2D eigenvalue weighted by molar-refractivity contribution is 6.30. The fraction of sp³-hybridized carbons (Fsp3) is 0.278. The Labute approximate surface area is 140 Å². The molecule has 4 rings (SSSR count). The Morgan fingerprint density at radius 3 is 3.13 bits per heavy atom. The van der Waals surface area contributed by atoms with Crippen LogP contribution in [0.1, 0.15) is 23.5 Å². The van der Waals surface area contributed by atoms with Crippen molar-refractivity contribution in [2.75, 3.05) is 6.54 Å². The molecule has 2 N–H and O–H groups in total. The normalized spacial score (nSPS) is 24.5. The second-order valence-corrected chi connectivity index (χ2v) is 6.41. The molecule has 2 unspecified atom stereocenters. The van der Waals surface area contributed by atoms with Gasteiger partial charge in [-0.15, -0.1) is 0 Å². The van der Waals surface area contributed by atoms with Crippen molar-refractivity contribution in [1.29, 1.82) is 0 Å². The van der Waals surface area contributed by atoms with Gasteiger partial charge >= 0.3 is 0 Å². The van der Waals surface area contributed by atoms with E-state index in [2.05, 4.69) is 34.9 Å². The lowest BCUT2D eigenvalue weighted by Gasteiger charge is -2.25. The largest absolute Gasteiger partial charge is 0.352 e. The van der Waals surface area contributed by atoms with Crippen LogP contribution in [0, 0.1) is 0 Å². The molecule has 118 valence electrons. The molecule has 4 nitrogen and oxygen atoms in total. The van der Waals surface area contributed by atoms with Crippen molar-refractivity contribution in [1.82, 2.24) is 15.5 Å². The topological polar surface area (TPSA) is 44.4 Å². The molecule has 2 atom stereocenters. The highest BCUT2D eigenvalue weighted by atomic mass is 35.5. The van der Waals surface area contributed by atoms with E-state index in [1.165, 1.54) is 11.1 Å². The SMILES string of the molecule is O=C(NCC1CCc2ccccc21)C1NC(Cl)=C2C=CC=CN21. The van der Waals surface area contributed by atoms with Crippen LogP contribution in [0.5, 0.6) is 0 Å². The Balaban J connectivity index is 1.41. The van der Waals surface area contributed by atoms with Gasteiger partial charge in [-0.25, -0.2) is 0 Å². The first-order chi connectivity index (χ1) is 11.2. The third-order valence-corrected chi connectivity index (χ3v) is 4.99. The van der Waals surface area contributed by atoms with Crippen LogP contribution in [0.4, 0.5) is 0 Å². The van der Waals surface area contributed by atoms with Gasteiger partial charge in [0.2, 0.25) is 0 Å². The molecule has 0 fully saturated rings. The van der Waals surface area contributed by atoms with Crippen LogP contribution in [-0.4, -0.2) is 23.5 Å². The molecule has 0 aromatic heterocycles. The van der Waals surface area contributed by atoms with Crippen LogP contribution >= 0.6 is 11.6 Å². The van der Waals surface area contributed by atoms with E-state index in [1.807, 2.05) is 29.3 Å². The maximum Gasteiger partial charge on any atom is 0.263 e. The van der Waals surface area contributed by atoms with Crippen molar-refractivity contribution in [2.45, 2.75) is 24.9 Å². The van der Waals surface area contributed by atoms with Gasteiger partial charge in [0.25, 0.3) is 5.91 Å². The van der Waals surface area contributed by atoms with E-state index in [0.717, 1.165) is 18.5 Å². The minimum atomic E-state index is -0.477. The van der Waals surface area contributed by atoms with Crippen LogP contribution in [-0.2, 0) is 11.2 Å². The second kappa shape index (κ2) is 5.78. The van der Waals surface area contributed by atoms with Gasteiger partial charge in [-0.2, -0.15) is 0 Å². The smallest absolute Gasteiger partial charge is 0.263 e. The summed E-state index contributed by atoms with van der Waals surface area (Å²) in [5.41, 5.74) is 3.60. The Morgan fingerprint density at radius 2 is 2.22 bits per heavy atom. The van der Waals surface area contributed by atoms with E-state index in [0.29, 0.717) is 17.6 Å². The summed E-state index contributed by atoms with van der Waals surface area (Å²) in [6.07, 6.45) is 9.28. The number of amides is 1. The summed E-state index contributed by atoms with van der Waals surface area (Å²) in [6, 6.07) is 8.49. The lowest BCUT2D eigenvalue weighted by molar-refractivity contribution is -0.125. The zero-order chi connectivity index (χ0) is 15.8. The van der Waals surface area contributed by atoms with E-state index in [9.17, 15) is 4.79 Å². The molecule has 5 heteroatoms. The highest BCUT2D eigenvalue weighted by Gasteiger charge is 2.34. The van der Waals surface area contributed by atoms with Crippen LogP contribution < -0.4 is 10.6 Å². The zero-order valence-electron chi connectivity index (χ0n) is 12.6. The molecular weight excluding hydrogens is 310 g/mol. The Morgan fingerprint density at radius 1 is 1.35 bits per heavy atom. The van der Waals surface area contributed by atoms with Crippen molar-refractivity contribution in [2.24, 2.45) is 0 Å². The van der Waals surface area contributed by atoms with E-state index >= 15 is 0 Å². The number of nitrogens with zero attached hydrogens (tertiary/aromatic N) is 1. The molecule has 2 heterocycles. The molecule has 0 radical (unpaired) electrons. The van der Waals surface area contributed by atoms with Gasteiger partial charge in [-0.3, -0.25) is 4.79 Å². The van der Waals surface area contributed by atoms with Gasteiger partial charge in [0.05, 0.1) is 5.70 Å². The summed E-state index contributed by atoms with van der Waals surface area (Å²) in [4.78, 5) is 14.4. The lowest BCUT2D eigenvalue weighted by Crippen LogP contribution is -2.48. The summed E-state index contributed by atoms with van der Waals surface area (Å²) in [6.45, 7) is 0.661. The molecule has 3 aliphatic rings. The van der Waals surface area contributed by atoms with Crippen LogP contribution in [0.3, 0.4) is 0 Å². The first kappa shape index (κ1) is 14.4. The molecule has 1 aromatic carbocycles. The molecule has 2 aliphatic heterocycles. The minimum absolute atomic E-state index is 0.0533. The number of hydrogen-bond acceptors (Lipinski definition) is 3. The van der Waals surface area contributed by atoms with E-state index < -0.39 is 6.17 Å². The number of carbonyl (C=O) groups is 1. The number of allylic oxidation sites excluding steroid dienone is 3. The highest BCUT2D eigenvalue weighted by Crippen LogP contribution is 2.32. The molecule has 0 saturated heterocycles. The summed E-state index contributed by atoms with van der Waals surface area (Å²) in [7, 11) is 0. The number of rotatable bonds is 3. The zero-order valence-corrected chi connectivity index (χ0v) is 13.4. The molecule has 0 saturated carbocycles. The summed E-state index contributed by atoms with van der Waals surface area (Å²) in [5.74, 6) is 0.346. The van der Waals surface area contributed by atoms with Crippen LogP contribution in [0.15, 0.2) is 59.5 Å². The van der Waals surface area contributed by atoms with Crippen molar-refractivity contribution < 1.29 is 4.79 Å².